The van der Waals surface area contributed by atoms with E-state index in [2.05, 4.69) is 5.32 Å². The normalized spacial score (nSPS) is 22.1. The molecule has 1 heterocycles. The molecule has 0 aromatic heterocycles. The highest BCUT2D eigenvalue weighted by Gasteiger charge is 2.22. The van der Waals surface area contributed by atoms with Crippen molar-refractivity contribution in [2.24, 2.45) is 0 Å². The van der Waals surface area contributed by atoms with Crippen molar-refractivity contribution in [3.05, 3.63) is 0 Å². The summed E-state index contributed by atoms with van der Waals surface area (Å²) < 4.78 is 29.7. The van der Waals surface area contributed by atoms with Crippen LogP contribution in [0.5, 0.6) is 0 Å². The molecule has 0 aliphatic carbocycles. The number of carbonyl (C=O) groups excluding carboxylic acids is 1. The summed E-state index contributed by atoms with van der Waals surface area (Å²) in [6, 6.07) is -0.551. The molecular weight excluding hydrogens is 230 g/mol. The van der Waals surface area contributed by atoms with Gasteiger partial charge in [0.05, 0.1) is 18.7 Å². The molecule has 100 valence electrons. The minimum atomic E-state index is -2.42. The van der Waals surface area contributed by atoms with Gasteiger partial charge in [-0.05, 0) is 26.8 Å². The van der Waals surface area contributed by atoms with Gasteiger partial charge in [0.2, 0.25) is 5.91 Å². The maximum absolute atomic E-state index is 12.1. The average molecular weight is 250 g/mol. The van der Waals surface area contributed by atoms with Crippen LogP contribution in [0.3, 0.4) is 0 Å². The van der Waals surface area contributed by atoms with Gasteiger partial charge < -0.3 is 10.1 Å². The van der Waals surface area contributed by atoms with Gasteiger partial charge in [-0.15, -0.1) is 0 Å². The molecule has 0 saturated carbocycles. The quantitative estimate of drug-likeness (QED) is 0.760. The third-order valence-electron chi connectivity index (χ3n) is 2.99. The van der Waals surface area contributed by atoms with E-state index in [4.69, 9.17) is 4.74 Å². The van der Waals surface area contributed by atoms with Crippen molar-refractivity contribution in [2.45, 2.75) is 38.3 Å². The molecule has 1 rings (SSSR count). The number of halogens is 2. The number of rotatable bonds is 6. The standard InChI is InChI=1S/C11H20F2N2O2/c1-8(15(2)7-10(12)13)11(16)14-6-9-4-3-5-17-9/h8-10H,3-7H2,1-2H3,(H,14,16)/t8-,9-/m1/s1. The average Bonchev–Trinajstić information content (AvgIpc) is 2.76. The molecule has 0 aromatic carbocycles. The van der Waals surface area contributed by atoms with Crippen molar-refractivity contribution in [3.8, 4) is 0 Å². The van der Waals surface area contributed by atoms with E-state index in [-0.39, 0.29) is 12.0 Å². The van der Waals surface area contributed by atoms with Crippen molar-refractivity contribution in [3.63, 3.8) is 0 Å². The zero-order chi connectivity index (χ0) is 12.8. The van der Waals surface area contributed by atoms with E-state index in [1.165, 1.54) is 11.9 Å². The predicted molar refractivity (Wildman–Crippen MR) is 60.1 cm³/mol. The van der Waals surface area contributed by atoms with Gasteiger partial charge in [-0.2, -0.15) is 0 Å². The minimum absolute atomic E-state index is 0.0755. The molecule has 0 unspecified atom stereocenters. The van der Waals surface area contributed by atoms with Crippen LogP contribution in [0.4, 0.5) is 8.78 Å². The van der Waals surface area contributed by atoms with Crippen LogP contribution in [0.1, 0.15) is 19.8 Å². The highest BCUT2D eigenvalue weighted by Crippen LogP contribution is 2.10. The second-order valence-corrected chi connectivity index (χ2v) is 4.39. The maximum atomic E-state index is 12.1. The van der Waals surface area contributed by atoms with Gasteiger partial charge in [-0.3, -0.25) is 9.69 Å². The number of nitrogens with zero attached hydrogens (tertiary/aromatic N) is 1. The molecule has 2 atom stereocenters. The largest absolute Gasteiger partial charge is 0.376 e. The van der Waals surface area contributed by atoms with E-state index in [0.717, 1.165) is 19.4 Å². The van der Waals surface area contributed by atoms with Crippen LogP contribution in [0.2, 0.25) is 0 Å². The van der Waals surface area contributed by atoms with Gasteiger partial charge in [0.1, 0.15) is 0 Å². The lowest BCUT2D eigenvalue weighted by atomic mass is 10.2. The fourth-order valence-corrected chi connectivity index (χ4v) is 1.74. The Morgan fingerprint density at radius 3 is 2.82 bits per heavy atom. The molecular formula is C11H20F2N2O2. The molecule has 0 bridgehead atoms. The van der Waals surface area contributed by atoms with Crippen molar-refractivity contribution in [1.29, 1.82) is 0 Å². The van der Waals surface area contributed by atoms with E-state index in [1.54, 1.807) is 6.92 Å². The molecule has 1 aliphatic heterocycles. The van der Waals surface area contributed by atoms with Gasteiger partial charge in [0.25, 0.3) is 6.43 Å². The fraction of sp³-hybridized carbons (Fsp3) is 0.909. The Bertz CT molecular complexity index is 246. The summed E-state index contributed by atoms with van der Waals surface area (Å²) in [6.45, 7) is 2.43. The van der Waals surface area contributed by atoms with Crippen LogP contribution in [0.25, 0.3) is 0 Å². The van der Waals surface area contributed by atoms with Crippen molar-refractivity contribution >= 4 is 5.91 Å². The lowest BCUT2D eigenvalue weighted by Gasteiger charge is -2.23. The maximum Gasteiger partial charge on any atom is 0.251 e. The molecule has 1 saturated heterocycles. The van der Waals surface area contributed by atoms with Crippen LogP contribution < -0.4 is 5.32 Å². The molecule has 0 aromatic rings. The first-order valence-electron chi connectivity index (χ1n) is 5.88. The summed E-state index contributed by atoms with van der Waals surface area (Å²) in [4.78, 5) is 13.0. The third-order valence-corrected chi connectivity index (χ3v) is 2.99. The number of likely N-dealkylation sites (N-methyl/N-ethyl adjacent to an activating group) is 1. The first-order valence-corrected chi connectivity index (χ1v) is 5.88. The molecule has 1 aliphatic rings. The van der Waals surface area contributed by atoms with E-state index in [9.17, 15) is 13.6 Å². The summed E-state index contributed by atoms with van der Waals surface area (Å²) >= 11 is 0. The molecule has 1 amide bonds. The van der Waals surface area contributed by atoms with E-state index in [1.807, 2.05) is 0 Å². The van der Waals surface area contributed by atoms with E-state index in [0.29, 0.717) is 6.54 Å². The SMILES string of the molecule is C[C@H](C(=O)NC[C@H]1CCCO1)N(C)CC(F)F. The number of carbonyl (C=O) groups is 1. The first-order chi connectivity index (χ1) is 8.00. The smallest absolute Gasteiger partial charge is 0.251 e. The Kier molecular flexibility index (Phi) is 5.77. The topological polar surface area (TPSA) is 41.6 Å². The third kappa shape index (κ3) is 4.95. The van der Waals surface area contributed by atoms with Crippen LogP contribution in [0, 0.1) is 0 Å². The molecule has 1 N–H and O–H groups in total. The monoisotopic (exact) mass is 250 g/mol. The van der Waals surface area contributed by atoms with Crippen LogP contribution >= 0.6 is 0 Å². The number of hydrogen-bond donors (Lipinski definition) is 1. The number of nitrogens with one attached hydrogen (secondary N) is 1. The predicted octanol–water partition coefficient (Wildman–Crippen LogP) is 0.867. The molecule has 6 heteroatoms. The number of ether oxygens (including phenoxy) is 1. The zero-order valence-electron chi connectivity index (χ0n) is 10.3. The summed E-state index contributed by atoms with van der Waals surface area (Å²) in [7, 11) is 1.52. The summed E-state index contributed by atoms with van der Waals surface area (Å²) in [5, 5.41) is 2.73. The second kappa shape index (κ2) is 6.86. The molecule has 0 radical (unpaired) electrons. The Morgan fingerprint density at radius 1 is 1.59 bits per heavy atom. The van der Waals surface area contributed by atoms with Crippen molar-refractivity contribution in [1.82, 2.24) is 10.2 Å². The zero-order valence-corrected chi connectivity index (χ0v) is 10.3. The second-order valence-electron chi connectivity index (χ2n) is 4.39. The number of alkyl halides is 2. The van der Waals surface area contributed by atoms with Crippen molar-refractivity contribution in [2.75, 3.05) is 26.7 Å². The number of hydrogen-bond acceptors (Lipinski definition) is 3. The summed E-state index contributed by atoms with van der Waals surface area (Å²) in [5.74, 6) is -0.233. The van der Waals surface area contributed by atoms with E-state index < -0.39 is 19.0 Å². The van der Waals surface area contributed by atoms with Gasteiger partial charge in [0, 0.05) is 13.2 Å². The Labute approximate surface area is 100 Å². The molecule has 0 spiro atoms. The lowest BCUT2D eigenvalue weighted by Crippen LogP contribution is -2.46. The fourth-order valence-electron chi connectivity index (χ4n) is 1.74. The molecule has 17 heavy (non-hydrogen) atoms. The first kappa shape index (κ1) is 14.3. The van der Waals surface area contributed by atoms with Crippen LogP contribution in [-0.4, -0.2) is 56.1 Å². The Morgan fingerprint density at radius 2 is 2.29 bits per heavy atom. The van der Waals surface area contributed by atoms with Crippen LogP contribution in [0.15, 0.2) is 0 Å². The van der Waals surface area contributed by atoms with Gasteiger partial charge >= 0.3 is 0 Å². The van der Waals surface area contributed by atoms with E-state index >= 15 is 0 Å². The van der Waals surface area contributed by atoms with Crippen molar-refractivity contribution < 1.29 is 18.3 Å². The summed E-state index contributed by atoms with van der Waals surface area (Å²) in [6.07, 6.45) is -0.386. The van der Waals surface area contributed by atoms with Gasteiger partial charge in [0.15, 0.2) is 0 Å². The van der Waals surface area contributed by atoms with Gasteiger partial charge in [-0.25, -0.2) is 8.78 Å². The Balaban J connectivity index is 2.25. The molecule has 4 nitrogen and oxygen atoms in total. The minimum Gasteiger partial charge on any atom is -0.376 e. The van der Waals surface area contributed by atoms with Crippen LogP contribution in [-0.2, 0) is 9.53 Å². The van der Waals surface area contributed by atoms with Gasteiger partial charge in [-0.1, -0.05) is 0 Å². The number of amides is 1. The Hall–Kier alpha value is -0.750. The molecule has 1 fully saturated rings. The lowest BCUT2D eigenvalue weighted by molar-refractivity contribution is -0.126. The highest BCUT2D eigenvalue weighted by molar-refractivity contribution is 5.81. The summed E-state index contributed by atoms with van der Waals surface area (Å²) in [5.41, 5.74) is 0. The highest BCUT2D eigenvalue weighted by atomic mass is 19.3.